The molecule has 2 N–H and O–H groups in total. The third-order valence-corrected chi connectivity index (χ3v) is 3.27. The van der Waals surface area contributed by atoms with Crippen LogP contribution >= 0.6 is 0 Å². The number of hydrogen-bond acceptors (Lipinski definition) is 3. The predicted octanol–water partition coefficient (Wildman–Crippen LogP) is 2.54. The third kappa shape index (κ3) is 2.47. The normalized spacial score (nSPS) is 22.0. The number of phenols is 1. The summed E-state index contributed by atoms with van der Waals surface area (Å²) >= 11 is 0. The minimum atomic E-state index is 0.319. The van der Waals surface area contributed by atoms with Crippen molar-refractivity contribution in [1.82, 2.24) is 0 Å². The molecule has 16 heavy (non-hydrogen) atoms. The molecule has 3 nitrogen and oxygen atoms in total. The van der Waals surface area contributed by atoms with Gasteiger partial charge in [-0.2, -0.15) is 0 Å². The maximum absolute atomic E-state index is 9.34. The SMILES string of the molecule is Cc1cc(O)ccc1NC(C)C1CCOC1. The smallest absolute Gasteiger partial charge is 0.115 e. The van der Waals surface area contributed by atoms with Crippen LogP contribution in [0.3, 0.4) is 0 Å². The predicted molar refractivity (Wildman–Crippen MR) is 64.9 cm³/mol. The number of aryl methyl sites for hydroxylation is 1. The van der Waals surface area contributed by atoms with Gasteiger partial charge in [-0.1, -0.05) is 0 Å². The van der Waals surface area contributed by atoms with Gasteiger partial charge in [0.25, 0.3) is 0 Å². The zero-order chi connectivity index (χ0) is 11.5. The first-order valence-electron chi connectivity index (χ1n) is 5.80. The second-order valence-corrected chi connectivity index (χ2v) is 4.56. The molecule has 0 saturated carbocycles. The largest absolute Gasteiger partial charge is 0.508 e. The van der Waals surface area contributed by atoms with Gasteiger partial charge in [0.2, 0.25) is 0 Å². The van der Waals surface area contributed by atoms with Crippen molar-refractivity contribution in [2.24, 2.45) is 5.92 Å². The van der Waals surface area contributed by atoms with E-state index in [1.165, 1.54) is 0 Å². The fourth-order valence-electron chi connectivity index (χ4n) is 2.12. The number of ether oxygens (including phenoxy) is 1. The Kier molecular flexibility index (Phi) is 3.34. The molecule has 1 saturated heterocycles. The maximum Gasteiger partial charge on any atom is 0.115 e. The van der Waals surface area contributed by atoms with E-state index >= 15 is 0 Å². The Bertz CT molecular complexity index is 359. The summed E-state index contributed by atoms with van der Waals surface area (Å²) in [7, 11) is 0. The molecule has 1 aromatic carbocycles. The monoisotopic (exact) mass is 221 g/mol. The van der Waals surface area contributed by atoms with Crippen molar-refractivity contribution in [1.29, 1.82) is 0 Å². The fourth-order valence-corrected chi connectivity index (χ4v) is 2.12. The lowest BCUT2D eigenvalue weighted by atomic mass is 10.00. The second kappa shape index (κ2) is 4.74. The maximum atomic E-state index is 9.34. The Morgan fingerprint density at radius 3 is 2.94 bits per heavy atom. The van der Waals surface area contributed by atoms with Crippen LogP contribution in [-0.2, 0) is 4.74 Å². The van der Waals surface area contributed by atoms with Gasteiger partial charge in [0.05, 0.1) is 6.61 Å². The van der Waals surface area contributed by atoms with E-state index in [0.717, 1.165) is 30.9 Å². The van der Waals surface area contributed by atoms with E-state index in [9.17, 15) is 5.11 Å². The molecule has 1 aliphatic heterocycles. The van der Waals surface area contributed by atoms with Crippen molar-refractivity contribution in [3.63, 3.8) is 0 Å². The molecule has 0 radical (unpaired) electrons. The molecule has 2 rings (SSSR count). The molecule has 88 valence electrons. The number of nitrogens with one attached hydrogen (secondary N) is 1. The lowest BCUT2D eigenvalue weighted by Crippen LogP contribution is -2.26. The van der Waals surface area contributed by atoms with Gasteiger partial charge >= 0.3 is 0 Å². The van der Waals surface area contributed by atoms with Crippen LogP contribution in [0, 0.1) is 12.8 Å². The van der Waals surface area contributed by atoms with Gasteiger partial charge in [-0.3, -0.25) is 0 Å². The van der Waals surface area contributed by atoms with E-state index in [0.29, 0.717) is 17.7 Å². The average Bonchev–Trinajstić information content (AvgIpc) is 2.75. The van der Waals surface area contributed by atoms with Crippen LogP contribution in [0.1, 0.15) is 18.9 Å². The summed E-state index contributed by atoms with van der Waals surface area (Å²) in [6.45, 7) is 5.92. The van der Waals surface area contributed by atoms with Crippen LogP contribution < -0.4 is 5.32 Å². The van der Waals surface area contributed by atoms with Gasteiger partial charge in [-0.25, -0.2) is 0 Å². The second-order valence-electron chi connectivity index (χ2n) is 4.56. The van der Waals surface area contributed by atoms with Crippen molar-refractivity contribution < 1.29 is 9.84 Å². The Hall–Kier alpha value is -1.22. The van der Waals surface area contributed by atoms with Crippen molar-refractivity contribution in [3.05, 3.63) is 23.8 Å². The zero-order valence-corrected chi connectivity index (χ0v) is 9.86. The van der Waals surface area contributed by atoms with Gasteiger partial charge < -0.3 is 15.2 Å². The fraction of sp³-hybridized carbons (Fsp3) is 0.538. The molecule has 1 aromatic rings. The van der Waals surface area contributed by atoms with Crippen LogP contribution in [0.25, 0.3) is 0 Å². The summed E-state index contributed by atoms with van der Waals surface area (Å²) in [4.78, 5) is 0. The highest BCUT2D eigenvalue weighted by Gasteiger charge is 2.22. The summed E-state index contributed by atoms with van der Waals surface area (Å²) in [5.41, 5.74) is 2.17. The van der Waals surface area contributed by atoms with E-state index in [2.05, 4.69) is 12.2 Å². The highest BCUT2D eigenvalue weighted by atomic mass is 16.5. The molecule has 2 unspecified atom stereocenters. The summed E-state index contributed by atoms with van der Waals surface area (Å²) in [5, 5.41) is 12.8. The molecule has 0 aliphatic carbocycles. The first-order valence-corrected chi connectivity index (χ1v) is 5.80. The number of benzene rings is 1. The van der Waals surface area contributed by atoms with Crippen LogP contribution in [0.4, 0.5) is 5.69 Å². The van der Waals surface area contributed by atoms with Crippen LogP contribution in [0.5, 0.6) is 5.75 Å². The summed E-state index contributed by atoms with van der Waals surface area (Å²) < 4.78 is 5.39. The first-order chi connectivity index (χ1) is 7.66. The van der Waals surface area contributed by atoms with Crippen LogP contribution in [-0.4, -0.2) is 24.4 Å². The topological polar surface area (TPSA) is 41.5 Å². The zero-order valence-electron chi connectivity index (χ0n) is 9.86. The number of phenolic OH excluding ortho intramolecular Hbond substituents is 1. The standard InChI is InChI=1S/C13H19NO2/c1-9-7-12(15)3-4-13(9)14-10(2)11-5-6-16-8-11/h3-4,7,10-11,14-15H,5-6,8H2,1-2H3. The molecule has 0 aromatic heterocycles. The molecule has 1 fully saturated rings. The lowest BCUT2D eigenvalue weighted by Gasteiger charge is -2.21. The highest BCUT2D eigenvalue weighted by Crippen LogP contribution is 2.24. The number of hydrogen-bond donors (Lipinski definition) is 2. The Balaban J connectivity index is 2.02. The van der Waals surface area contributed by atoms with Crippen molar-refractivity contribution in [2.75, 3.05) is 18.5 Å². The van der Waals surface area contributed by atoms with Gasteiger partial charge in [0.15, 0.2) is 0 Å². The van der Waals surface area contributed by atoms with Gasteiger partial charge in [-0.15, -0.1) is 0 Å². The molecule has 1 heterocycles. The Labute approximate surface area is 96.4 Å². The number of rotatable bonds is 3. The molecule has 0 spiro atoms. The molecule has 0 amide bonds. The van der Waals surface area contributed by atoms with Crippen molar-refractivity contribution in [3.8, 4) is 5.75 Å². The highest BCUT2D eigenvalue weighted by molar-refractivity contribution is 5.53. The van der Waals surface area contributed by atoms with Gasteiger partial charge in [0.1, 0.15) is 5.75 Å². The lowest BCUT2D eigenvalue weighted by molar-refractivity contribution is 0.183. The molecular weight excluding hydrogens is 202 g/mol. The average molecular weight is 221 g/mol. The van der Waals surface area contributed by atoms with Gasteiger partial charge in [-0.05, 0) is 44.0 Å². The number of anilines is 1. The summed E-state index contributed by atoms with van der Waals surface area (Å²) in [6, 6.07) is 5.83. The van der Waals surface area contributed by atoms with Crippen molar-refractivity contribution >= 4 is 5.69 Å². The van der Waals surface area contributed by atoms with Gasteiger partial charge in [0, 0.05) is 24.3 Å². The molecule has 0 bridgehead atoms. The minimum Gasteiger partial charge on any atom is -0.508 e. The van der Waals surface area contributed by atoms with E-state index in [-0.39, 0.29) is 0 Å². The summed E-state index contributed by atoms with van der Waals surface area (Å²) in [5.74, 6) is 0.910. The Morgan fingerprint density at radius 2 is 2.31 bits per heavy atom. The van der Waals surface area contributed by atoms with E-state index in [1.54, 1.807) is 12.1 Å². The summed E-state index contributed by atoms with van der Waals surface area (Å²) in [6.07, 6.45) is 1.13. The quantitative estimate of drug-likeness (QED) is 0.771. The van der Waals surface area contributed by atoms with E-state index in [4.69, 9.17) is 4.74 Å². The molecule has 2 atom stereocenters. The van der Waals surface area contributed by atoms with Crippen LogP contribution in [0.2, 0.25) is 0 Å². The first kappa shape index (κ1) is 11.3. The van der Waals surface area contributed by atoms with Crippen LogP contribution in [0.15, 0.2) is 18.2 Å². The van der Waals surface area contributed by atoms with Crippen molar-refractivity contribution in [2.45, 2.75) is 26.3 Å². The van der Waals surface area contributed by atoms with E-state index in [1.807, 2.05) is 13.0 Å². The Morgan fingerprint density at radius 1 is 1.50 bits per heavy atom. The minimum absolute atomic E-state index is 0.319. The third-order valence-electron chi connectivity index (χ3n) is 3.27. The molecule has 1 aliphatic rings. The molecular formula is C13H19NO2. The number of aromatic hydroxyl groups is 1. The molecule has 3 heteroatoms. The van der Waals surface area contributed by atoms with E-state index < -0.39 is 0 Å².